The number of carbonyl (C=O) groups excluding carboxylic acids is 2. The fourth-order valence-electron chi connectivity index (χ4n) is 6.77. The van der Waals surface area contributed by atoms with Crippen molar-refractivity contribution >= 4 is 28.6 Å². The molecule has 0 aliphatic carbocycles. The van der Waals surface area contributed by atoms with Crippen molar-refractivity contribution in [3.05, 3.63) is 95.6 Å². The van der Waals surface area contributed by atoms with Gasteiger partial charge in [0.15, 0.2) is 28.5 Å². The van der Waals surface area contributed by atoms with E-state index < -0.39 is 64.4 Å². The van der Waals surface area contributed by atoms with E-state index in [0.29, 0.717) is 11.5 Å². The molecule has 0 unspecified atom stereocenters. The molecule has 56 heavy (non-hydrogen) atoms. The van der Waals surface area contributed by atoms with Crippen molar-refractivity contribution < 1.29 is 42.5 Å². The van der Waals surface area contributed by atoms with E-state index in [0.717, 1.165) is 16.7 Å². The standard InChI is InChI=1S/C43H62N2O9Si2/c1-40(2,3)55(10,11)53-38-42(7,54-56(12,13)41(4,5)6)37(47)44-39(48)45(38)36-27-34(46)35(52-36)28-51-43(29-17-15-14-16-18-29,30-19-23-32(49-8)24-20-30)31-21-25-33(50-9)26-22-31/h14-26,34-36,38,46H,27-28H2,1-13H3,(H,44,47,48)/t34-,35+,36+,38+,42+/m0/s1. The maximum Gasteiger partial charge on any atom is 0.328 e. The Bertz CT molecular complexity index is 1780. The molecule has 3 amide bonds. The van der Waals surface area contributed by atoms with Crippen LogP contribution in [0.15, 0.2) is 78.9 Å². The number of ether oxygens (including phenoxy) is 4. The first-order valence-corrected chi connectivity index (χ1v) is 25.2. The molecule has 3 aromatic carbocycles. The summed E-state index contributed by atoms with van der Waals surface area (Å²) >= 11 is 0. The molecule has 5 rings (SSSR count). The summed E-state index contributed by atoms with van der Waals surface area (Å²) in [5, 5.41) is 13.8. The minimum atomic E-state index is -2.65. The van der Waals surface area contributed by atoms with Crippen LogP contribution in [0.3, 0.4) is 0 Å². The third-order valence-corrected chi connectivity index (χ3v) is 21.2. The first-order valence-electron chi connectivity index (χ1n) is 19.3. The van der Waals surface area contributed by atoms with Crippen LogP contribution >= 0.6 is 0 Å². The Kier molecular flexibility index (Phi) is 12.4. The van der Waals surface area contributed by atoms with Gasteiger partial charge in [-0.3, -0.25) is 15.0 Å². The van der Waals surface area contributed by atoms with Gasteiger partial charge < -0.3 is 32.9 Å². The summed E-state index contributed by atoms with van der Waals surface area (Å²) in [4.78, 5) is 29.5. The predicted molar refractivity (Wildman–Crippen MR) is 222 cm³/mol. The lowest BCUT2D eigenvalue weighted by Crippen LogP contribution is -2.75. The number of carbonyl (C=O) groups is 2. The molecule has 2 N–H and O–H groups in total. The van der Waals surface area contributed by atoms with Gasteiger partial charge >= 0.3 is 6.03 Å². The largest absolute Gasteiger partial charge is 0.497 e. The molecule has 13 heteroatoms. The Morgan fingerprint density at radius 3 is 1.73 bits per heavy atom. The number of methoxy groups -OCH3 is 2. The average Bonchev–Trinajstić information content (AvgIpc) is 3.50. The number of hydrogen-bond donors (Lipinski definition) is 2. The number of nitrogens with one attached hydrogen (secondary N) is 1. The van der Waals surface area contributed by atoms with E-state index in [9.17, 15) is 14.7 Å². The van der Waals surface area contributed by atoms with Crippen molar-refractivity contribution in [1.82, 2.24) is 10.2 Å². The minimum Gasteiger partial charge on any atom is -0.497 e. The summed E-state index contributed by atoms with van der Waals surface area (Å²) in [6.07, 6.45) is -3.90. The molecule has 0 aromatic heterocycles. The normalized spacial score (nSPS) is 23.9. The van der Waals surface area contributed by atoms with Gasteiger partial charge in [-0.15, -0.1) is 0 Å². The molecule has 2 saturated heterocycles. The zero-order valence-electron chi connectivity index (χ0n) is 35.4. The van der Waals surface area contributed by atoms with E-state index >= 15 is 0 Å². The lowest BCUT2D eigenvalue weighted by Gasteiger charge is -2.54. The van der Waals surface area contributed by atoms with Crippen LogP contribution in [-0.4, -0.2) is 89.7 Å². The number of nitrogens with zero attached hydrogens (tertiary/aromatic N) is 1. The highest BCUT2D eigenvalue weighted by atomic mass is 28.4. The van der Waals surface area contributed by atoms with E-state index in [1.54, 1.807) is 21.1 Å². The maximum atomic E-state index is 14.0. The van der Waals surface area contributed by atoms with Crippen LogP contribution in [0.1, 0.15) is 71.6 Å². The topological polar surface area (TPSA) is 125 Å². The zero-order chi connectivity index (χ0) is 41.5. The van der Waals surface area contributed by atoms with Gasteiger partial charge in [-0.2, -0.15) is 0 Å². The SMILES string of the molecule is COc1ccc(C(OC[C@H]2O[C@@H](N3C(=O)NC(=O)[C@@](C)(O[Si](C)(C)C(C)(C)C)[C@H]3O[Si](C)(C)C(C)(C)C)C[C@@H]2O)(c2ccccc2)c2ccc(OC)cc2)cc1. The first kappa shape index (κ1) is 43.6. The predicted octanol–water partition coefficient (Wildman–Crippen LogP) is 8.17. The third kappa shape index (κ3) is 8.36. The number of aliphatic hydroxyl groups is 1. The summed E-state index contributed by atoms with van der Waals surface area (Å²) in [6, 6.07) is 24.6. The van der Waals surface area contributed by atoms with Gasteiger partial charge in [0.05, 0.1) is 26.9 Å². The average molecular weight is 807 g/mol. The number of imide groups is 1. The Labute approximate surface area is 335 Å². The molecule has 2 aliphatic rings. The number of rotatable bonds is 13. The molecular weight excluding hydrogens is 745 g/mol. The smallest absolute Gasteiger partial charge is 0.328 e. The molecule has 2 heterocycles. The minimum absolute atomic E-state index is 0.0511. The fraction of sp³-hybridized carbons (Fsp3) is 0.535. The van der Waals surface area contributed by atoms with E-state index in [4.69, 9.17) is 27.8 Å². The summed E-state index contributed by atoms with van der Waals surface area (Å²) in [7, 11) is -2.03. The lowest BCUT2D eigenvalue weighted by atomic mass is 9.80. The second-order valence-electron chi connectivity index (χ2n) is 18.1. The van der Waals surface area contributed by atoms with Crippen molar-refractivity contribution in [3.63, 3.8) is 0 Å². The van der Waals surface area contributed by atoms with Gasteiger partial charge in [-0.1, -0.05) is 96.1 Å². The highest BCUT2D eigenvalue weighted by Gasteiger charge is 2.61. The number of benzene rings is 3. The number of amides is 3. The van der Waals surface area contributed by atoms with E-state index in [1.165, 1.54) is 4.90 Å². The number of urea groups is 1. The highest BCUT2D eigenvalue weighted by Crippen LogP contribution is 2.47. The van der Waals surface area contributed by atoms with Gasteiger partial charge in [-0.05, 0) is 84.1 Å². The molecular formula is C43H62N2O9Si2. The van der Waals surface area contributed by atoms with Crippen molar-refractivity contribution in [2.45, 2.75) is 127 Å². The van der Waals surface area contributed by atoms with Crippen LogP contribution in [-0.2, 0) is 28.7 Å². The molecule has 2 aliphatic heterocycles. The Morgan fingerprint density at radius 1 is 0.786 bits per heavy atom. The summed E-state index contributed by atoms with van der Waals surface area (Å²) in [5.41, 5.74) is -0.211. The Morgan fingerprint density at radius 2 is 1.27 bits per heavy atom. The summed E-state index contributed by atoms with van der Waals surface area (Å²) < 4.78 is 38.7. The quantitative estimate of drug-likeness (QED) is 0.130. The van der Waals surface area contributed by atoms with E-state index in [1.807, 2.05) is 78.9 Å². The number of aliphatic hydroxyl groups excluding tert-OH is 1. The Balaban J connectivity index is 1.55. The first-order chi connectivity index (χ1) is 26.0. The summed E-state index contributed by atoms with van der Waals surface area (Å²) in [6.45, 7) is 22.6. The van der Waals surface area contributed by atoms with Crippen LogP contribution in [0.4, 0.5) is 4.79 Å². The molecule has 306 valence electrons. The van der Waals surface area contributed by atoms with Crippen molar-refractivity contribution in [1.29, 1.82) is 0 Å². The highest BCUT2D eigenvalue weighted by molar-refractivity contribution is 6.75. The van der Waals surface area contributed by atoms with Gasteiger partial charge in [0.2, 0.25) is 0 Å². The van der Waals surface area contributed by atoms with Crippen LogP contribution < -0.4 is 14.8 Å². The summed E-state index contributed by atoms with van der Waals surface area (Å²) in [5.74, 6) is 0.831. The zero-order valence-corrected chi connectivity index (χ0v) is 37.4. The molecule has 11 nitrogen and oxygen atoms in total. The van der Waals surface area contributed by atoms with Gasteiger partial charge in [0, 0.05) is 6.42 Å². The van der Waals surface area contributed by atoms with Gasteiger partial charge in [0.25, 0.3) is 5.91 Å². The fourth-order valence-corrected chi connectivity index (χ4v) is 9.58. The van der Waals surface area contributed by atoms with Crippen molar-refractivity contribution in [3.8, 4) is 11.5 Å². The van der Waals surface area contributed by atoms with Crippen LogP contribution in [0.25, 0.3) is 0 Å². The van der Waals surface area contributed by atoms with Crippen LogP contribution in [0, 0.1) is 0 Å². The Hall–Kier alpha value is -3.57. The lowest BCUT2D eigenvalue weighted by molar-refractivity contribution is -0.187. The monoisotopic (exact) mass is 806 g/mol. The second kappa shape index (κ2) is 16.0. The maximum absolute atomic E-state index is 14.0. The van der Waals surface area contributed by atoms with Gasteiger partial charge in [-0.25, -0.2) is 4.79 Å². The molecule has 0 saturated carbocycles. The van der Waals surface area contributed by atoms with Crippen molar-refractivity contribution in [2.24, 2.45) is 0 Å². The molecule has 0 radical (unpaired) electrons. The number of hydrogen-bond acceptors (Lipinski definition) is 9. The molecule has 3 aromatic rings. The second-order valence-corrected chi connectivity index (χ2v) is 27.6. The van der Waals surface area contributed by atoms with E-state index in [-0.39, 0.29) is 23.1 Å². The van der Waals surface area contributed by atoms with Crippen LogP contribution in [0.5, 0.6) is 11.5 Å². The third-order valence-electron chi connectivity index (χ3n) is 12.3. The molecule has 0 bridgehead atoms. The van der Waals surface area contributed by atoms with Gasteiger partial charge in [0.1, 0.15) is 29.4 Å². The molecule has 5 atom stereocenters. The van der Waals surface area contributed by atoms with Crippen molar-refractivity contribution in [2.75, 3.05) is 20.8 Å². The molecule has 2 fully saturated rings. The molecule has 0 spiro atoms. The van der Waals surface area contributed by atoms with E-state index in [2.05, 4.69) is 73.0 Å². The van der Waals surface area contributed by atoms with Crippen LogP contribution in [0.2, 0.25) is 36.3 Å².